The van der Waals surface area contributed by atoms with Crippen molar-refractivity contribution in [2.24, 2.45) is 28.6 Å². The first kappa shape index (κ1) is 16.5. The highest BCUT2D eigenvalue weighted by Crippen LogP contribution is 2.71. The Bertz CT molecular complexity index is 580. The van der Waals surface area contributed by atoms with E-state index in [0.29, 0.717) is 12.3 Å². The lowest BCUT2D eigenvalue weighted by molar-refractivity contribution is -0.153. The van der Waals surface area contributed by atoms with Gasteiger partial charge in [0.1, 0.15) is 0 Å². The van der Waals surface area contributed by atoms with Gasteiger partial charge in [0.25, 0.3) is 0 Å². The van der Waals surface area contributed by atoms with Gasteiger partial charge in [0, 0.05) is 0 Å². The number of fused-ring (bicyclic) bond motifs is 2. The molecule has 5 atom stereocenters. The van der Waals surface area contributed by atoms with E-state index in [1.54, 1.807) is 0 Å². The van der Waals surface area contributed by atoms with Crippen molar-refractivity contribution in [3.8, 4) is 0 Å². The molecule has 0 aliphatic heterocycles. The van der Waals surface area contributed by atoms with Crippen molar-refractivity contribution in [2.75, 3.05) is 7.11 Å². The highest BCUT2D eigenvalue weighted by atomic mass is 16.5. The number of ether oxygens (including phenoxy) is 1. The molecule has 3 rings (SSSR count). The Kier molecular flexibility index (Phi) is 4.04. The zero-order chi connectivity index (χ0) is 16.8. The minimum Gasteiger partial charge on any atom is -0.469 e. The molecule has 1 aromatic rings. The maximum atomic E-state index is 12.5. The molecule has 3 heteroatoms. The first-order valence-corrected chi connectivity index (χ1v) is 8.64. The maximum Gasteiger partial charge on any atom is 0.309 e. The summed E-state index contributed by atoms with van der Waals surface area (Å²) in [5.41, 5.74) is 1.00. The van der Waals surface area contributed by atoms with Crippen molar-refractivity contribution in [1.29, 1.82) is 0 Å². The van der Waals surface area contributed by atoms with Gasteiger partial charge in [-0.15, -0.1) is 0 Å². The molecule has 2 bridgehead atoms. The quantitative estimate of drug-likeness (QED) is 0.855. The largest absolute Gasteiger partial charge is 0.469 e. The predicted octanol–water partition coefficient (Wildman–Crippen LogP) is 3.97. The summed E-state index contributed by atoms with van der Waals surface area (Å²) < 4.78 is 5.14. The third-order valence-electron chi connectivity index (χ3n) is 7.14. The summed E-state index contributed by atoms with van der Waals surface area (Å²) in [7, 11) is 1.48. The number of aliphatic hydroxyl groups is 1. The van der Waals surface area contributed by atoms with Crippen LogP contribution in [0.4, 0.5) is 0 Å². The van der Waals surface area contributed by atoms with Crippen LogP contribution in [0.2, 0.25) is 0 Å². The SMILES string of the molecule is COC(=O)C1C(CC(O)c2ccccc2)C2CCC1(C)C2(C)C. The number of hydrogen-bond donors (Lipinski definition) is 1. The smallest absolute Gasteiger partial charge is 0.309 e. The van der Waals surface area contributed by atoms with E-state index in [-0.39, 0.29) is 28.6 Å². The Balaban J connectivity index is 1.90. The number of aliphatic hydroxyl groups excluding tert-OH is 1. The maximum absolute atomic E-state index is 12.5. The fraction of sp³-hybridized carbons (Fsp3) is 0.650. The van der Waals surface area contributed by atoms with Gasteiger partial charge in [0.15, 0.2) is 0 Å². The minimum absolute atomic E-state index is 0.0359. The molecule has 0 heterocycles. The van der Waals surface area contributed by atoms with Crippen LogP contribution in [0.5, 0.6) is 0 Å². The molecular weight excluding hydrogens is 288 g/mol. The fourth-order valence-electron chi connectivity index (χ4n) is 5.50. The summed E-state index contributed by atoms with van der Waals surface area (Å²) in [5.74, 6) is 0.439. The van der Waals surface area contributed by atoms with Crippen LogP contribution in [0, 0.1) is 28.6 Å². The van der Waals surface area contributed by atoms with E-state index in [4.69, 9.17) is 4.74 Å². The number of methoxy groups -OCH3 is 1. The molecule has 5 unspecified atom stereocenters. The number of carbonyl (C=O) groups is 1. The zero-order valence-electron chi connectivity index (χ0n) is 14.6. The van der Waals surface area contributed by atoms with Gasteiger partial charge < -0.3 is 9.84 Å². The van der Waals surface area contributed by atoms with Crippen LogP contribution >= 0.6 is 0 Å². The number of rotatable bonds is 4. The summed E-state index contributed by atoms with van der Waals surface area (Å²) in [6, 6.07) is 9.76. The Hall–Kier alpha value is -1.35. The van der Waals surface area contributed by atoms with Crippen LogP contribution in [0.15, 0.2) is 30.3 Å². The van der Waals surface area contributed by atoms with E-state index in [2.05, 4.69) is 20.8 Å². The van der Waals surface area contributed by atoms with Crippen LogP contribution in [-0.4, -0.2) is 18.2 Å². The molecule has 1 aromatic carbocycles. The summed E-state index contributed by atoms with van der Waals surface area (Å²) in [4.78, 5) is 12.5. The van der Waals surface area contributed by atoms with Gasteiger partial charge >= 0.3 is 5.97 Å². The lowest BCUT2D eigenvalue weighted by Crippen LogP contribution is -2.39. The topological polar surface area (TPSA) is 46.5 Å². The van der Waals surface area contributed by atoms with Crippen LogP contribution in [-0.2, 0) is 9.53 Å². The Morgan fingerprint density at radius 3 is 2.57 bits per heavy atom. The van der Waals surface area contributed by atoms with Gasteiger partial charge in [0.2, 0.25) is 0 Å². The van der Waals surface area contributed by atoms with Gasteiger partial charge in [0.05, 0.1) is 19.1 Å². The van der Waals surface area contributed by atoms with Gasteiger partial charge in [-0.25, -0.2) is 0 Å². The molecule has 126 valence electrons. The van der Waals surface area contributed by atoms with Gasteiger partial charge in [-0.05, 0) is 47.5 Å². The van der Waals surface area contributed by atoms with Crippen molar-refractivity contribution in [2.45, 2.75) is 46.1 Å². The molecule has 23 heavy (non-hydrogen) atoms. The second kappa shape index (κ2) is 5.62. The third-order valence-corrected chi connectivity index (χ3v) is 7.14. The standard InChI is InChI=1S/C20H28O3/c1-19(2)15-10-11-20(19,3)17(18(22)23-4)14(15)12-16(21)13-8-6-5-7-9-13/h5-9,14-17,21H,10-12H2,1-4H3. The molecule has 0 amide bonds. The van der Waals surface area contributed by atoms with Crippen molar-refractivity contribution in [3.05, 3.63) is 35.9 Å². The van der Waals surface area contributed by atoms with Crippen molar-refractivity contribution in [3.63, 3.8) is 0 Å². The summed E-state index contributed by atoms with van der Waals surface area (Å²) >= 11 is 0. The van der Waals surface area contributed by atoms with E-state index in [1.165, 1.54) is 7.11 Å². The molecule has 0 spiro atoms. The molecule has 0 aromatic heterocycles. The van der Waals surface area contributed by atoms with E-state index >= 15 is 0 Å². The second-order valence-corrected chi connectivity index (χ2v) is 8.11. The van der Waals surface area contributed by atoms with Crippen LogP contribution in [0.1, 0.15) is 51.7 Å². The number of carbonyl (C=O) groups excluding carboxylic acids is 1. The molecule has 3 nitrogen and oxygen atoms in total. The van der Waals surface area contributed by atoms with Gasteiger partial charge in [-0.2, -0.15) is 0 Å². The molecule has 2 saturated carbocycles. The number of esters is 1. The van der Waals surface area contributed by atoms with Crippen molar-refractivity contribution < 1.29 is 14.6 Å². The summed E-state index contributed by atoms with van der Waals surface area (Å²) in [6.07, 6.45) is 2.33. The normalized spacial score (nSPS) is 36.0. The first-order valence-electron chi connectivity index (χ1n) is 8.64. The van der Waals surface area contributed by atoms with E-state index < -0.39 is 6.10 Å². The lowest BCUT2D eigenvalue weighted by atomic mass is 9.65. The lowest BCUT2D eigenvalue weighted by Gasteiger charge is -2.38. The average Bonchev–Trinajstić information content (AvgIpc) is 2.86. The number of hydrogen-bond acceptors (Lipinski definition) is 3. The van der Waals surface area contributed by atoms with Crippen LogP contribution in [0.25, 0.3) is 0 Å². The Morgan fingerprint density at radius 1 is 1.30 bits per heavy atom. The van der Waals surface area contributed by atoms with Crippen LogP contribution < -0.4 is 0 Å². The van der Waals surface area contributed by atoms with Crippen molar-refractivity contribution >= 4 is 5.97 Å². The average molecular weight is 316 g/mol. The minimum atomic E-state index is -0.521. The van der Waals surface area contributed by atoms with Crippen LogP contribution in [0.3, 0.4) is 0 Å². The molecule has 0 saturated heterocycles. The zero-order valence-corrected chi connectivity index (χ0v) is 14.6. The second-order valence-electron chi connectivity index (χ2n) is 8.11. The highest BCUT2D eigenvalue weighted by molar-refractivity contribution is 5.75. The monoisotopic (exact) mass is 316 g/mol. The Labute approximate surface area is 139 Å². The molecule has 2 aliphatic carbocycles. The van der Waals surface area contributed by atoms with E-state index in [0.717, 1.165) is 18.4 Å². The molecule has 1 N–H and O–H groups in total. The fourth-order valence-corrected chi connectivity index (χ4v) is 5.50. The van der Waals surface area contributed by atoms with Gasteiger partial charge in [-0.1, -0.05) is 51.1 Å². The Morgan fingerprint density at radius 2 is 1.96 bits per heavy atom. The predicted molar refractivity (Wildman–Crippen MR) is 89.6 cm³/mol. The summed E-state index contributed by atoms with van der Waals surface area (Å²) in [6.45, 7) is 6.81. The van der Waals surface area contributed by atoms with E-state index in [1.807, 2.05) is 30.3 Å². The molecule has 2 aliphatic rings. The van der Waals surface area contributed by atoms with Gasteiger partial charge in [-0.3, -0.25) is 4.79 Å². The van der Waals surface area contributed by atoms with E-state index in [9.17, 15) is 9.90 Å². The summed E-state index contributed by atoms with van der Waals surface area (Å²) in [5, 5.41) is 10.7. The molecule has 2 fully saturated rings. The highest BCUT2D eigenvalue weighted by Gasteiger charge is 2.68. The third kappa shape index (κ3) is 2.32. The number of benzene rings is 1. The first-order chi connectivity index (χ1) is 10.8. The molecule has 0 radical (unpaired) electrons. The van der Waals surface area contributed by atoms with Crippen molar-refractivity contribution in [1.82, 2.24) is 0 Å². The molecular formula is C20H28O3.